The Balaban J connectivity index is 1.96. The molecule has 0 aliphatic rings. The van der Waals surface area contributed by atoms with Gasteiger partial charge in [-0.3, -0.25) is 0 Å². The van der Waals surface area contributed by atoms with E-state index in [2.05, 4.69) is 24.5 Å². The van der Waals surface area contributed by atoms with E-state index in [1.807, 2.05) is 24.3 Å². The van der Waals surface area contributed by atoms with Crippen LogP contribution in [0, 0.1) is 0 Å². The normalized spacial score (nSPS) is 11.4. The minimum absolute atomic E-state index is 0.321. The third-order valence-corrected chi connectivity index (χ3v) is 3.51. The predicted molar refractivity (Wildman–Crippen MR) is 91.8 cm³/mol. The van der Waals surface area contributed by atoms with Gasteiger partial charge in [0.15, 0.2) is 5.11 Å². The van der Waals surface area contributed by atoms with Gasteiger partial charge in [0.25, 0.3) is 0 Å². The van der Waals surface area contributed by atoms with Crippen LogP contribution < -0.4 is 10.6 Å². The van der Waals surface area contributed by atoms with Crippen LogP contribution in [0.3, 0.4) is 0 Å². The molecule has 2 nitrogen and oxygen atoms in total. The van der Waals surface area contributed by atoms with E-state index in [0.29, 0.717) is 16.7 Å². The first kappa shape index (κ1) is 17.3. The van der Waals surface area contributed by atoms with Gasteiger partial charge in [0.2, 0.25) is 0 Å². The average molecular weight is 338 g/mol. The van der Waals surface area contributed by atoms with Crippen molar-refractivity contribution < 1.29 is 13.2 Å². The first-order valence-electron chi connectivity index (χ1n) is 7.11. The van der Waals surface area contributed by atoms with Crippen molar-refractivity contribution in [3.8, 4) is 0 Å². The highest BCUT2D eigenvalue weighted by Crippen LogP contribution is 2.29. The molecule has 0 spiro atoms. The third kappa shape index (κ3) is 4.96. The van der Waals surface area contributed by atoms with E-state index in [1.165, 1.54) is 17.7 Å². The van der Waals surface area contributed by atoms with E-state index in [4.69, 9.17) is 12.2 Å². The average Bonchev–Trinajstić information content (AvgIpc) is 2.47. The van der Waals surface area contributed by atoms with Crippen molar-refractivity contribution in [1.29, 1.82) is 0 Å². The van der Waals surface area contributed by atoms with Crippen molar-refractivity contribution >= 4 is 28.7 Å². The standard InChI is InChI=1S/C17H17F3N2S/c1-11(2)12-3-7-14(8-4-12)21-16(23)22-15-9-5-13(6-10-15)17(18,19)20/h3-11H,1-2H3,(H2,21,22,23). The first-order chi connectivity index (χ1) is 10.8. The number of benzene rings is 2. The number of halogens is 3. The zero-order valence-electron chi connectivity index (χ0n) is 12.7. The molecule has 0 saturated heterocycles. The summed E-state index contributed by atoms with van der Waals surface area (Å²) in [6, 6.07) is 12.6. The summed E-state index contributed by atoms with van der Waals surface area (Å²) in [6.07, 6.45) is -4.34. The lowest BCUT2D eigenvalue weighted by Crippen LogP contribution is -2.19. The molecule has 0 aliphatic heterocycles. The van der Waals surface area contributed by atoms with Crippen molar-refractivity contribution in [3.63, 3.8) is 0 Å². The fraction of sp³-hybridized carbons (Fsp3) is 0.235. The van der Waals surface area contributed by atoms with Gasteiger partial charge in [0, 0.05) is 11.4 Å². The molecule has 122 valence electrons. The summed E-state index contributed by atoms with van der Waals surface area (Å²) in [6.45, 7) is 4.22. The molecule has 2 aromatic rings. The van der Waals surface area contributed by atoms with Crippen molar-refractivity contribution in [2.24, 2.45) is 0 Å². The SMILES string of the molecule is CC(C)c1ccc(NC(=S)Nc2ccc(C(F)(F)F)cc2)cc1. The Hall–Kier alpha value is -2.08. The Morgan fingerprint density at radius 2 is 1.30 bits per heavy atom. The summed E-state index contributed by atoms with van der Waals surface area (Å²) >= 11 is 5.16. The molecule has 0 atom stereocenters. The summed E-state index contributed by atoms with van der Waals surface area (Å²) in [5, 5.41) is 6.18. The van der Waals surface area contributed by atoms with E-state index in [0.717, 1.165) is 17.8 Å². The van der Waals surface area contributed by atoms with Gasteiger partial charge < -0.3 is 10.6 Å². The van der Waals surface area contributed by atoms with Crippen LogP contribution in [-0.4, -0.2) is 5.11 Å². The smallest absolute Gasteiger partial charge is 0.332 e. The minimum Gasteiger partial charge on any atom is -0.332 e. The Kier molecular flexibility index (Phi) is 5.26. The van der Waals surface area contributed by atoms with Gasteiger partial charge in [0.05, 0.1) is 5.56 Å². The molecule has 0 saturated carbocycles. The molecule has 6 heteroatoms. The maximum absolute atomic E-state index is 12.5. The molecule has 2 N–H and O–H groups in total. The molecule has 2 aromatic carbocycles. The number of thiocarbonyl (C=S) groups is 1. The summed E-state index contributed by atoms with van der Waals surface area (Å²) in [4.78, 5) is 0. The monoisotopic (exact) mass is 338 g/mol. The maximum Gasteiger partial charge on any atom is 0.416 e. The number of alkyl halides is 3. The van der Waals surface area contributed by atoms with Crippen molar-refractivity contribution in [2.45, 2.75) is 25.9 Å². The number of rotatable bonds is 3. The molecule has 0 amide bonds. The molecule has 0 heterocycles. The summed E-state index contributed by atoms with van der Waals surface area (Å²) in [5.41, 5.74) is 1.84. The van der Waals surface area contributed by atoms with Crippen LogP contribution in [0.15, 0.2) is 48.5 Å². The van der Waals surface area contributed by atoms with Crippen molar-refractivity contribution in [2.75, 3.05) is 10.6 Å². The molecule has 0 fully saturated rings. The van der Waals surface area contributed by atoms with Gasteiger partial charge in [-0.15, -0.1) is 0 Å². The lowest BCUT2D eigenvalue weighted by atomic mass is 10.0. The molecule has 2 rings (SSSR count). The minimum atomic E-state index is -4.34. The summed E-state index contributed by atoms with van der Waals surface area (Å²) in [7, 11) is 0. The first-order valence-corrected chi connectivity index (χ1v) is 7.52. The van der Waals surface area contributed by atoms with E-state index in [-0.39, 0.29) is 0 Å². The Morgan fingerprint density at radius 3 is 1.70 bits per heavy atom. The molecule has 0 aliphatic carbocycles. The Bertz CT molecular complexity index is 662. The second-order valence-corrected chi connectivity index (χ2v) is 5.84. The largest absolute Gasteiger partial charge is 0.416 e. The predicted octanol–water partition coefficient (Wildman–Crippen LogP) is 5.64. The lowest BCUT2D eigenvalue weighted by molar-refractivity contribution is -0.137. The maximum atomic E-state index is 12.5. The lowest BCUT2D eigenvalue weighted by Gasteiger charge is -2.13. The van der Waals surface area contributed by atoms with Gasteiger partial charge in [-0.25, -0.2) is 0 Å². The van der Waals surface area contributed by atoms with Gasteiger partial charge in [-0.2, -0.15) is 13.2 Å². The molecule has 0 aromatic heterocycles. The van der Waals surface area contributed by atoms with Crippen LogP contribution in [0.25, 0.3) is 0 Å². The number of anilines is 2. The van der Waals surface area contributed by atoms with Crippen LogP contribution in [0.5, 0.6) is 0 Å². The van der Waals surface area contributed by atoms with E-state index >= 15 is 0 Å². The van der Waals surface area contributed by atoms with Crippen LogP contribution in [-0.2, 0) is 6.18 Å². The van der Waals surface area contributed by atoms with Crippen molar-refractivity contribution in [1.82, 2.24) is 0 Å². The van der Waals surface area contributed by atoms with E-state index in [1.54, 1.807) is 0 Å². The molecule has 0 bridgehead atoms. The van der Waals surface area contributed by atoms with E-state index in [9.17, 15) is 13.2 Å². The summed E-state index contributed by atoms with van der Waals surface area (Å²) in [5.74, 6) is 0.446. The molecule has 0 radical (unpaired) electrons. The second kappa shape index (κ2) is 7.00. The topological polar surface area (TPSA) is 24.1 Å². The van der Waals surface area contributed by atoms with Crippen molar-refractivity contribution in [3.05, 3.63) is 59.7 Å². The Morgan fingerprint density at radius 1 is 0.870 bits per heavy atom. The quantitative estimate of drug-likeness (QED) is 0.709. The molecular weight excluding hydrogens is 321 g/mol. The van der Waals surface area contributed by atoms with Crippen LogP contribution >= 0.6 is 12.2 Å². The van der Waals surface area contributed by atoms with Gasteiger partial charge >= 0.3 is 6.18 Å². The fourth-order valence-electron chi connectivity index (χ4n) is 1.99. The van der Waals surface area contributed by atoms with Gasteiger partial charge in [-0.1, -0.05) is 26.0 Å². The zero-order valence-corrected chi connectivity index (χ0v) is 13.6. The Labute approximate surface area is 138 Å². The zero-order chi connectivity index (χ0) is 17.0. The van der Waals surface area contributed by atoms with Crippen LogP contribution in [0.4, 0.5) is 24.5 Å². The highest BCUT2D eigenvalue weighted by molar-refractivity contribution is 7.80. The highest BCUT2D eigenvalue weighted by atomic mass is 32.1. The number of hydrogen-bond donors (Lipinski definition) is 2. The second-order valence-electron chi connectivity index (χ2n) is 5.43. The number of hydrogen-bond acceptors (Lipinski definition) is 1. The molecule has 0 unspecified atom stereocenters. The molecule has 23 heavy (non-hydrogen) atoms. The van der Waals surface area contributed by atoms with Gasteiger partial charge in [-0.05, 0) is 60.1 Å². The van der Waals surface area contributed by atoms with Crippen LogP contribution in [0.1, 0.15) is 30.9 Å². The molecular formula is C17H17F3N2S. The van der Waals surface area contributed by atoms with E-state index < -0.39 is 11.7 Å². The summed E-state index contributed by atoms with van der Waals surface area (Å²) < 4.78 is 37.5. The highest BCUT2D eigenvalue weighted by Gasteiger charge is 2.29. The number of nitrogens with one attached hydrogen (secondary N) is 2. The van der Waals surface area contributed by atoms with Gasteiger partial charge in [0.1, 0.15) is 0 Å². The van der Waals surface area contributed by atoms with Crippen LogP contribution in [0.2, 0.25) is 0 Å². The fourth-order valence-corrected chi connectivity index (χ4v) is 2.22. The third-order valence-electron chi connectivity index (χ3n) is 3.31.